The molecule has 8 heteroatoms. The molecule has 0 saturated heterocycles. The Morgan fingerprint density at radius 2 is 2.04 bits per heavy atom. The first-order valence-corrected chi connectivity index (χ1v) is 9.54. The second-order valence-corrected chi connectivity index (χ2v) is 7.64. The van der Waals surface area contributed by atoms with Crippen molar-refractivity contribution in [3.05, 3.63) is 49.8 Å². The van der Waals surface area contributed by atoms with Crippen molar-refractivity contribution in [2.24, 2.45) is 0 Å². The first-order valence-electron chi connectivity index (χ1n) is 7.97. The zero-order valence-corrected chi connectivity index (χ0v) is 15.9. The van der Waals surface area contributed by atoms with Gasteiger partial charge in [0.1, 0.15) is 11.1 Å². The largest absolute Gasteiger partial charge is 0.452 e. The van der Waals surface area contributed by atoms with Gasteiger partial charge in [0, 0.05) is 4.88 Å². The summed E-state index contributed by atoms with van der Waals surface area (Å²) in [4.78, 5) is 25.3. The molecule has 0 radical (unpaired) electrons. The Hall–Kier alpha value is -2.07. The summed E-state index contributed by atoms with van der Waals surface area (Å²) >= 11 is 13.2. The van der Waals surface area contributed by atoms with E-state index in [9.17, 15) is 14.9 Å². The summed E-state index contributed by atoms with van der Waals surface area (Å²) in [5.74, 6) is -1.25. The minimum Gasteiger partial charge on any atom is -0.452 e. The average molecular weight is 409 g/mol. The van der Waals surface area contributed by atoms with Crippen molar-refractivity contribution in [1.82, 2.24) is 0 Å². The number of fused-ring (bicyclic) bond motifs is 1. The zero-order chi connectivity index (χ0) is 18.7. The van der Waals surface area contributed by atoms with Crippen LogP contribution >= 0.6 is 34.5 Å². The van der Waals surface area contributed by atoms with Crippen LogP contribution in [0.4, 0.5) is 5.00 Å². The molecule has 0 saturated carbocycles. The van der Waals surface area contributed by atoms with Crippen LogP contribution < -0.4 is 5.32 Å². The molecule has 0 unspecified atom stereocenters. The van der Waals surface area contributed by atoms with Gasteiger partial charge in [-0.05, 0) is 43.4 Å². The van der Waals surface area contributed by atoms with Crippen LogP contribution in [0, 0.1) is 11.3 Å². The van der Waals surface area contributed by atoms with Gasteiger partial charge in [-0.2, -0.15) is 5.26 Å². The molecule has 1 aromatic heterocycles. The van der Waals surface area contributed by atoms with Gasteiger partial charge in [0.2, 0.25) is 0 Å². The molecule has 1 N–H and O–H groups in total. The number of benzene rings is 1. The van der Waals surface area contributed by atoms with Crippen molar-refractivity contribution in [3.63, 3.8) is 0 Å². The molecule has 26 heavy (non-hydrogen) atoms. The average Bonchev–Trinajstić information content (AvgIpc) is 2.98. The molecule has 1 aromatic carbocycles. The Bertz CT molecular complexity index is 918. The van der Waals surface area contributed by atoms with Crippen LogP contribution in [0.25, 0.3) is 0 Å². The number of nitrogens with zero attached hydrogens (tertiary/aromatic N) is 1. The van der Waals surface area contributed by atoms with E-state index in [-0.39, 0.29) is 15.6 Å². The van der Waals surface area contributed by atoms with Gasteiger partial charge in [0.15, 0.2) is 6.61 Å². The van der Waals surface area contributed by atoms with E-state index in [1.54, 1.807) is 12.1 Å². The van der Waals surface area contributed by atoms with Crippen molar-refractivity contribution in [2.45, 2.75) is 25.7 Å². The number of carbonyl (C=O) groups excluding carboxylic acids is 2. The van der Waals surface area contributed by atoms with Gasteiger partial charge in [-0.1, -0.05) is 29.3 Å². The van der Waals surface area contributed by atoms with Crippen LogP contribution in [-0.4, -0.2) is 18.5 Å². The third-order valence-electron chi connectivity index (χ3n) is 4.04. The number of nitriles is 1. The van der Waals surface area contributed by atoms with Gasteiger partial charge < -0.3 is 10.1 Å². The predicted molar refractivity (Wildman–Crippen MR) is 101 cm³/mol. The number of carbonyl (C=O) groups is 2. The molecule has 0 bridgehead atoms. The van der Waals surface area contributed by atoms with Crippen LogP contribution in [0.2, 0.25) is 10.0 Å². The second kappa shape index (κ2) is 8.09. The fourth-order valence-electron chi connectivity index (χ4n) is 2.81. The van der Waals surface area contributed by atoms with Crippen LogP contribution in [0.3, 0.4) is 0 Å². The van der Waals surface area contributed by atoms with Crippen LogP contribution in [0.5, 0.6) is 0 Å². The number of nitrogens with one attached hydrogen (secondary N) is 1. The molecule has 1 aliphatic rings. The summed E-state index contributed by atoms with van der Waals surface area (Å²) in [5, 5.41) is 12.9. The number of aryl methyl sites for hydroxylation is 1. The molecule has 0 atom stereocenters. The lowest BCUT2D eigenvalue weighted by molar-refractivity contribution is -0.119. The molecule has 2 aromatic rings. The Labute approximate surface area is 164 Å². The number of esters is 1. The van der Waals surface area contributed by atoms with Gasteiger partial charge in [-0.25, -0.2) is 4.79 Å². The van der Waals surface area contributed by atoms with Gasteiger partial charge in [-0.3, -0.25) is 4.79 Å². The predicted octanol–water partition coefficient (Wildman–Crippen LogP) is 4.60. The fourth-order valence-corrected chi connectivity index (χ4v) is 4.44. The number of halogens is 2. The Morgan fingerprint density at radius 1 is 1.27 bits per heavy atom. The number of anilines is 1. The molecule has 0 aliphatic heterocycles. The van der Waals surface area contributed by atoms with Gasteiger partial charge in [0.05, 0.1) is 21.2 Å². The highest BCUT2D eigenvalue weighted by molar-refractivity contribution is 7.16. The van der Waals surface area contributed by atoms with Crippen molar-refractivity contribution in [3.8, 4) is 6.07 Å². The standard InChI is InChI=1S/C18H14Cl2N2O3S/c19-13-6-3-5-11(16(13)20)18(24)25-9-15(23)22-17-12(8-21)10-4-1-2-7-14(10)26-17/h3,5-6H,1-2,4,7,9H2,(H,22,23). The molecular formula is C18H14Cl2N2O3S. The highest BCUT2D eigenvalue weighted by atomic mass is 35.5. The van der Waals surface area contributed by atoms with E-state index in [1.807, 2.05) is 0 Å². The monoisotopic (exact) mass is 408 g/mol. The summed E-state index contributed by atoms with van der Waals surface area (Å²) in [6.07, 6.45) is 3.91. The third kappa shape index (κ3) is 3.85. The smallest absolute Gasteiger partial charge is 0.340 e. The summed E-state index contributed by atoms with van der Waals surface area (Å²) in [5.41, 5.74) is 1.64. The minimum atomic E-state index is -0.737. The number of amides is 1. The number of hydrogen-bond acceptors (Lipinski definition) is 5. The maximum absolute atomic E-state index is 12.1. The summed E-state index contributed by atoms with van der Waals surface area (Å²) in [6, 6.07) is 6.76. The van der Waals surface area contributed by atoms with Gasteiger partial charge >= 0.3 is 5.97 Å². The van der Waals surface area contributed by atoms with E-state index in [1.165, 1.54) is 17.4 Å². The summed E-state index contributed by atoms with van der Waals surface area (Å²) in [7, 11) is 0. The van der Waals surface area contributed by atoms with E-state index in [2.05, 4.69) is 11.4 Å². The molecule has 0 spiro atoms. The quantitative estimate of drug-likeness (QED) is 0.749. The lowest BCUT2D eigenvalue weighted by atomic mass is 9.96. The molecular weight excluding hydrogens is 395 g/mol. The minimum absolute atomic E-state index is 0.0808. The zero-order valence-electron chi connectivity index (χ0n) is 13.6. The molecule has 0 fully saturated rings. The van der Waals surface area contributed by atoms with Gasteiger partial charge in [-0.15, -0.1) is 11.3 Å². The summed E-state index contributed by atoms with van der Waals surface area (Å²) in [6.45, 7) is -0.477. The maximum atomic E-state index is 12.1. The normalized spacial score (nSPS) is 12.8. The molecule has 5 nitrogen and oxygen atoms in total. The number of thiophene rings is 1. The number of ether oxygens (including phenoxy) is 1. The molecule has 1 amide bonds. The van der Waals surface area contributed by atoms with Crippen LogP contribution in [0.1, 0.15) is 39.2 Å². The molecule has 134 valence electrons. The van der Waals surface area contributed by atoms with Gasteiger partial charge in [0.25, 0.3) is 5.91 Å². The second-order valence-electron chi connectivity index (χ2n) is 5.75. The SMILES string of the molecule is N#Cc1c(NC(=O)COC(=O)c2cccc(Cl)c2Cl)sc2c1CCCC2. The first-order chi connectivity index (χ1) is 12.5. The lowest BCUT2D eigenvalue weighted by Gasteiger charge is -2.09. The maximum Gasteiger partial charge on any atom is 0.340 e. The van der Waals surface area contributed by atoms with Crippen molar-refractivity contribution in [1.29, 1.82) is 5.26 Å². The Kier molecular flexibility index (Phi) is 5.82. The van der Waals surface area contributed by atoms with Crippen LogP contribution in [-0.2, 0) is 22.4 Å². The summed E-state index contributed by atoms with van der Waals surface area (Å²) < 4.78 is 5.00. The fraction of sp³-hybridized carbons (Fsp3) is 0.278. The topological polar surface area (TPSA) is 79.2 Å². The molecule has 3 rings (SSSR count). The van der Waals surface area contributed by atoms with E-state index < -0.39 is 18.5 Å². The number of rotatable bonds is 4. The van der Waals surface area contributed by atoms with Crippen LogP contribution in [0.15, 0.2) is 18.2 Å². The lowest BCUT2D eigenvalue weighted by Crippen LogP contribution is -2.21. The first kappa shape index (κ1) is 18.7. The van der Waals surface area contributed by atoms with Crippen molar-refractivity contribution in [2.75, 3.05) is 11.9 Å². The molecule has 1 aliphatic carbocycles. The molecule has 1 heterocycles. The van der Waals surface area contributed by atoms with E-state index in [4.69, 9.17) is 27.9 Å². The number of hydrogen-bond donors (Lipinski definition) is 1. The highest BCUT2D eigenvalue weighted by Crippen LogP contribution is 2.37. The van der Waals surface area contributed by atoms with E-state index in [0.29, 0.717) is 10.6 Å². The van der Waals surface area contributed by atoms with Crippen molar-refractivity contribution < 1.29 is 14.3 Å². The Balaban J connectivity index is 1.65. The Morgan fingerprint density at radius 3 is 2.81 bits per heavy atom. The third-order valence-corrected chi connectivity index (χ3v) is 6.07. The highest BCUT2D eigenvalue weighted by Gasteiger charge is 2.22. The van der Waals surface area contributed by atoms with Crippen molar-refractivity contribution >= 4 is 51.4 Å². The van der Waals surface area contributed by atoms with E-state index >= 15 is 0 Å². The van der Waals surface area contributed by atoms with E-state index in [0.717, 1.165) is 36.1 Å².